The van der Waals surface area contributed by atoms with Crippen molar-refractivity contribution in [3.63, 3.8) is 0 Å². The second-order valence-electron chi connectivity index (χ2n) is 3.84. The topological polar surface area (TPSA) is 49.9 Å². The van der Waals surface area contributed by atoms with Crippen molar-refractivity contribution in [1.29, 1.82) is 0 Å². The Morgan fingerprint density at radius 3 is 2.33 bits per heavy atom. The molecule has 3 nitrogen and oxygen atoms in total. The standard InChI is InChI=1S/C11H9NO2.C3H8.CH4/c1-7(13)9-6-12-10-5-3-2-4-8(10)11(9)14;1-3-2;/h2-6H,1H3,(H,12,14);3H2,1-2H3;1H4. The first-order valence-corrected chi connectivity index (χ1v) is 5.73. The van der Waals surface area contributed by atoms with E-state index in [1.54, 1.807) is 18.2 Å². The lowest BCUT2D eigenvalue weighted by Crippen LogP contribution is -2.13. The summed E-state index contributed by atoms with van der Waals surface area (Å²) in [6.45, 7) is 5.64. The van der Waals surface area contributed by atoms with Gasteiger partial charge in [-0.05, 0) is 19.1 Å². The average Bonchev–Trinajstić information content (AvgIpc) is 2.30. The van der Waals surface area contributed by atoms with E-state index in [1.807, 2.05) is 6.07 Å². The molecule has 1 heterocycles. The van der Waals surface area contributed by atoms with Crippen LogP contribution in [-0.4, -0.2) is 10.8 Å². The van der Waals surface area contributed by atoms with Crippen LogP contribution in [0.4, 0.5) is 0 Å². The molecule has 0 radical (unpaired) electrons. The molecule has 0 spiro atoms. The minimum absolute atomic E-state index is 0. The van der Waals surface area contributed by atoms with Gasteiger partial charge in [0.2, 0.25) is 0 Å². The molecule has 0 unspecified atom stereocenters. The number of Topliss-reactive ketones (excluding diaryl/α,β-unsaturated/α-hetero) is 1. The second kappa shape index (κ2) is 7.43. The fourth-order valence-electron chi connectivity index (χ4n) is 1.43. The van der Waals surface area contributed by atoms with Crippen LogP contribution in [0.15, 0.2) is 35.3 Å². The van der Waals surface area contributed by atoms with E-state index in [4.69, 9.17) is 0 Å². The zero-order valence-corrected chi connectivity index (χ0v) is 10.4. The molecule has 0 fully saturated rings. The summed E-state index contributed by atoms with van der Waals surface area (Å²) in [7, 11) is 0. The number of pyridine rings is 1. The van der Waals surface area contributed by atoms with Crippen molar-refractivity contribution >= 4 is 16.7 Å². The maximum Gasteiger partial charge on any atom is 0.200 e. The third-order valence-electron chi connectivity index (χ3n) is 2.17. The molecule has 2 aromatic rings. The first kappa shape index (κ1) is 16.1. The normalized spacial score (nSPS) is 9.06. The van der Waals surface area contributed by atoms with Crippen LogP contribution in [0.1, 0.15) is 45.0 Å². The van der Waals surface area contributed by atoms with Gasteiger partial charge in [0.15, 0.2) is 11.2 Å². The van der Waals surface area contributed by atoms with E-state index in [9.17, 15) is 9.59 Å². The Labute approximate surface area is 108 Å². The highest BCUT2D eigenvalue weighted by Gasteiger charge is 2.07. The van der Waals surface area contributed by atoms with Gasteiger partial charge in [-0.2, -0.15) is 0 Å². The van der Waals surface area contributed by atoms with Gasteiger partial charge < -0.3 is 4.98 Å². The summed E-state index contributed by atoms with van der Waals surface area (Å²) < 4.78 is 0. The molecule has 0 aliphatic carbocycles. The molecular weight excluding hydrogens is 226 g/mol. The summed E-state index contributed by atoms with van der Waals surface area (Å²) in [6, 6.07) is 7.13. The molecule has 1 aromatic carbocycles. The van der Waals surface area contributed by atoms with Gasteiger partial charge in [0, 0.05) is 17.1 Å². The monoisotopic (exact) mass is 247 g/mol. The van der Waals surface area contributed by atoms with Crippen molar-refractivity contribution in [2.24, 2.45) is 0 Å². The van der Waals surface area contributed by atoms with Crippen LogP contribution in [0.25, 0.3) is 10.9 Å². The number of hydrogen-bond donors (Lipinski definition) is 1. The van der Waals surface area contributed by atoms with Crippen LogP contribution in [0.3, 0.4) is 0 Å². The molecule has 18 heavy (non-hydrogen) atoms. The highest BCUT2D eigenvalue weighted by Crippen LogP contribution is 2.06. The SMILES string of the molecule is C.CC(=O)c1c[nH]c2ccccc2c1=O.CCC. The molecule has 0 atom stereocenters. The average molecular weight is 247 g/mol. The lowest BCUT2D eigenvalue weighted by atomic mass is 10.1. The van der Waals surface area contributed by atoms with Gasteiger partial charge in [0.1, 0.15) is 0 Å². The Balaban J connectivity index is 0.000000660. The smallest absolute Gasteiger partial charge is 0.200 e. The number of H-pyrrole nitrogens is 1. The van der Waals surface area contributed by atoms with E-state index in [2.05, 4.69) is 18.8 Å². The van der Waals surface area contributed by atoms with Gasteiger partial charge >= 0.3 is 0 Å². The molecular formula is C15H21NO2. The molecule has 0 aliphatic rings. The summed E-state index contributed by atoms with van der Waals surface area (Å²) in [5.41, 5.74) is 0.762. The number of aromatic amines is 1. The number of nitrogens with one attached hydrogen (secondary N) is 1. The van der Waals surface area contributed by atoms with E-state index in [1.165, 1.54) is 19.5 Å². The largest absolute Gasteiger partial charge is 0.360 e. The molecule has 2 rings (SSSR count). The van der Waals surface area contributed by atoms with Crippen molar-refractivity contribution in [3.05, 3.63) is 46.2 Å². The van der Waals surface area contributed by atoms with Crippen molar-refractivity contribution in [1.82, 2.24) is 4.98 Å². The Bertz CT molecular complexity index is 570. The van der Waals surface area contributed by atoms with Gasteiger partial charge in [-0.15, -0.1) is 0 Å². The van der Waals surface area contributed by atoms with Gasteiger partial charge in [-0.3, -0.25) is 9.59 Å². The minimum Gasteiger partial charge on any atom is -0.360 e. The molecule has 0 saturated heterocycles. The van der Waals surface area contributed by atoms with Crippen LogP contribution < -0.4 is 5.43 Å². The van der Waals surface area contributed by atoms with E-state index in [0.717, 1.165) is 5.52 Å². The van der Waals surface area contributed by atoms with E-state index < -0.39 is 0 Å². The van der Waals surface area contributed by atoms with Crippen molar-refractivity contribution in [2.45, 2.75) is 34.6 Å². The van der Waals surface area contributed by atoms with Gasteiger partial charge in [0.05, 0.1) is 5.56 Å². The third-order valence-corrected chi connectivity index (χ3v) is 2.17. The summed E-state index contributed by atoms with van der Waals surface area (Å²) in [6.07, 6.45) is 2.72. The maximum absolute atomic E-state index is 11.7. The van der Waals surface area contributed by atoms with Crippen LogP contribution in [0.2, 0.25) is 0 Å². The summed E-state index contributed by atoms with van der Waals surface area (Å²) in [5, 5.41) is 0.556. The molecule has 98 valence electrons. The van der Waals surface area contributed by atoms with Crippen LogP contribution in [0.5, 0.6) is 0 Å². The Kier molecular flexibility index (Phi) is 6.65. The van der Waals surface area contributed by atoms with Gasteiger partial charge in [-0.25, -0.2) is 0 Å². The number of fused-ring (bicyclic) bond motifs is 1. The number of ketones is 1. The van der Waals surface area contributed by atoms with Crippen LogP contribution >= 0.6 is 0 Å². The fourth-order valence-corrected chi connectivity index (χ4v) is 1.43. The Morgan fingerprint density at radius 1 is 1.22 bits per heavy atom. The summed E-state index contributed by atoms with van der Waals surface area (Å²) >= 11 is 0. The Hall–Kier alpha value is -1.90. The fraction of sp³-hybridized carbons (Fsp3) is 0.333. The predicted molar refractivity (Wildman–Crippen MR) is 77.3 cm³/mol. The lowest BCUT2D eigenvalue weighted by Gasteiger charge is -1.98. The first-order valence-electron chi connectivity index (χ1n) is 5.73. The second-order valence-corrected chi connectivity index (χ2v) is 3.84. The molecule has 0 bridgehead atoms. The number of rotatable bonds is 1. The number of carbonyl (C=O) groups is 1. The molecule has 0 saturated carbocycles. The van der Waals surface area contributed by atoms with Crippen molar-refractivity contribution in [2.75, 3.05) is 0 Å². The molecule has 0 amide bonds. The highest BCUT2D eigenvalue weighted by molar-refractivity contribution is 5.96. The highest BCUT2D eigenvalue weighted by atomic mass is 16.1. The zero-order chi connectivity index (χ0) is 12.8. The van der Waals surface area contributed by atoms with Crippen molar-refractivity contribution < 1.29 is 4.79 Å². The minimum atomic E-state index is -0.211. The van der Waals surface area contributed by atoms with Crippen LogP contribution in [0, 0.1) is 0 Å². The number of carbonyl (C=O) groups excluding carboxylic acids is 1. The number of benzene rings is 1. The number of aromatic nitrogens is 1. The van der Waals surface area contributed by atoms with Gasteiger partial charge in [-0.1, -0.05) is 39.8 Å². The zero-order valence-electron chi connectivity index (χ0n) is 10.4. The quantitative estimate of drug-likeness (QED) is 0.779. The van der Waals surface area contributed by atoms with Crippen LogP contribution in [-0.2, 0) is 0 Å². The van der Waals surface area contributed by atoms with E-state index in [-0.39, 0.29) is 24.2 Å². The lowest BCUT2D eigenvalue weighted by molar-refractivity contribution is 0.101. The number of hydrogen-bond acceptors (Lipinski definition) is 2. The summed E-state index contributed by atoms with van der Waals surface area (Å²) in [5.74, 6) is -0.211. The maximum atomic E-state index is 11.7. The van der Waals surface area contributed by atoms with Crippen molar-refractivity contribution in [3.8, 4) is 0 Å². The summed E-state index contributed by atoms with van der Waals surface area (Å²) in [4.78, 5) is 25.7. The van der Waals surface area contributed by atoms with E-state index in [0.29, 0.717) is 5.39 Å². The number of para-hydroxylation sites is 1. The predicted octanol–water partition coefficient (Wildman–Crippen LogP) is 3.78. The molecule has 0 aliphatic heterocycles. The van der Waals surface area contributed by atoms with E-state index >= 15 is 0 Å². The van der Waals surface area contributed by atoms with Gasteiger partial charge in [0.25, 0.3) is 0 Å². The molecule has 3 heteroatoms. The Morgan fingerprint density at radius 2 is 1.78 bits per heavy atom. The molecule has 1 aromatic heterocycles. The third kappa shape index (κ3) is 3.55. The molecule has 1 N–H and O–H groups in total. The first-order chi connectivity index (χ1) is 8.11.